The molecule has 0 aromatic heterocycles. The largest absolute Gasteiger partial charge is 0.467 e. The van der Waals surface area contributed by atoms with Crippen molar-refractivity contribution in [3.05, 3.63) is 71.8 Å². The van der Waals surface area contributed by atoms with Crippen LogP contribution in [0.25, 0.3) is 0 Å². The fourth-order valence-electron chi connectivity index (χ4n) is 7.63. The molecule has 6 rings (SSSR count). The summed E-state index contributed by atoms with van der Waals surface area (Å²) in [4.78, 5) is 55.1. The molecule has 2 aromatic rings. The number of ether oxygens (including phenoxy) is 2. The lowest BCUT2D eigenvalue weighted by Crippen LogP contribution is -2.73. The molecule has 43 heavy (non-hydrogen) atoms. The van der Waals surface area contributed by atoms with Crippen LogP contribution in [0, 0.1) is 23.2 Å². The van der Waals surface area contributed by atoms with E-state index in [-0.39, 0.29) is 29.8 Å². The predicted molar refractivity (Wildman–Crippen MR) is 160 cm³/mol. The molecular formula is C34H43N3O6. The van der Waals surface area contributed by atoms with Crippen LogP contribution in [-0.4, -0.2) is 60.1 Å². The number of nitrogens with zero attached hydrogens (tertiary/aromatic N) is 1. The van der Waals surface area contributed by atoms with Crippen molar-refractivity contribution in [1.82, 2.24) is 15.5 Å². The average Bonchev–Trinajstić information content (AvgIpc) is 3.50. The molecule has 0 unspecified atom stereocenters. The maximum absolute atomic E-state index is 14.0. The summed E-state index contributed by atoms with van der Waals surface area (Å²) < 4.78 is 10.6. The Balaban J connectivity index is 1.31. The van der Waals surface area contributed by atoms with E-state index in [0.29, 0.717) is 38.1 Å². The molecule has 3 aliphatic carbocycles. The van der Waals surface area contributed by atoms with Crippen molar-refractivity contribution in [1.29, 1.82) is 0 Å². The zero-order chi connectivity index (χ0) is 30.8. The Hall–Kier alpha value is -3.88. The van der Waals surface area contributed by atoms with Crippen molar-refractivity contribution in [3.8, 4) is 0 Å². The lowest BCUT2D eigenvalue weighted by molar-refractivity contribution is -0.173. The van der Waals surface area contributed by atoms with Gasteiger partial charge in [-0.25, -0.2) is 9.59 Å². The van der Waals surface area contributed by atoms with Crippen LogP contribution in [-0.2, 0) is 36.9 Å². The molecule has 2 N–H and O–H groups in total. The summed E-state index contributed by atoms with van der Waals surface area (Å²) >= 11 is 0. The van der Waals surface area contributed by atoms with Crippen molar-refractivity contribution in [3.63, 3.8) is 0 Å². The maximum atomic E-state index is 14.0. The van der Waals surface area contributed by atoms with Crippen molar-refractivity contribution >= 4 is 23.9 Å². The van der Waals surface area contributed by atoms with E-state index in [2.05, 4.69) is 24.5 Å². The second kappa shape index (κ2) is 12.4. The zero-order valence-corrected chi connectivity index (χ0v) is 25.5. The molecule has 0 spiro atoms. The van der Waals surface area contributed by atoms with Gasteiger partial charge in [-0.15, -0.1) is 0 Å². The lowest BCUT2D eigenvalue weighted by Gasteiger charge is -2.66. The van der Waals surface area contributed by atoms with Crippen molar-refractivity contribution in [2.45, 2.75) is 77.1 Å². The minimum absolute atomic E-state index is 0.0593. The van der Waals surface area contributed by atoms with E-state index < -0.39 is 35.6 Å². The third-order valence-electron chi connectivity index (χ3n) is 10.2. The molecule has 2 aromatic carbocycles. The summed E-state index contributed by atoms with van der Waals surface area (Å²) in [7, 11) is 1.31. The first-order valence-corrected chi connectivity index (χ1v) is 15.3. The number of nitrogens with one attached hydrogen (secondary N) is 2. The summed E-state index contributed by atoms with van der Waals surface area (Å²) in [6.45, 7) is 6.91. The zero-order valence-electron chi connectivity index (χ0n) is 25.5. The van der Waals surface area contributed by atoms with Gasteiger partial charge in [0.15, 0.2) is 0 Å². The van der Waals surface area contributed by atoms with E-state index in [1.807, 2.05) is 67.6 Å². The molecule has 1 saturated heterocycles. The van der Waals surface area contributed by atoms with Gasteiger partial charge in [0.05, 0.1) is 18.6 Å². The highest BCUT2D eigenvalue weighted by atomic mass is 16.6. The quantitative estimate of drug-likeness (QED) is 0.423. The van der Waals surface area contributed by atoms with Gasteiger partial charge in [-0.1, -0.05) is 74.5 Å². The third kappa shape index (κ3) is 6.12. The molecular weight excluding hydrogens is 546 g/mol. The number of esters is 1. The highest BCUT2D eigenvalue weighted by Gasteiger charge is 2.65. The standard InChI is InChI=1S/C34H43N3O6/c1-33(2)24-19-25(29(38)35-26(31(40)42-4)18-22-12-7-5-8-13-22)34(3,28(33)20-24)36-30(39)27-16-11-17-37(27)32(41)43-21-23-14-9-6-10-15-23/h5-10,12-15,24-28H,11,16-21H2,1-4H3,(H,35,38)(H,36,39)/t24-,25+,26+,27+,28+,34-/m1/s1. The Morgan fingerprint density at radius 1 is 0.930 bits per heavy atom. The molecule has 4 fully saturated rings. The molecule has 230 valence electrons. The first kappa shape index (κ1) is 30.6. The molecule has 9 heteroatoms. The SMILES string of the molecule is COC(=O)[C@H](Cc1ccccc1)NC(=O)[C@@H]1C[C@@H]2C[C@@H](C2(C)C)[C@]1(C)NC(=O)[C@@H]1CCCN1C(=O)OCc1ccccc1. The summed E-state index contributed by atoms with van der Waals surface area (Å²) in [6.07, 6.45) is 2.50. The van der Waals surface area contributed by atoms with Gasteiger partial charge in [-0.3, -0.25) is 14.5 Å². The first-order valence-electron chi connectivity index (χ1n) is 15.3. The number of hydrogen-bond donors (Lipinski definition) is 2. The highest BCUT2D eigenvalue weighted by molar-refractivity contribution is 5.90. The molecule has 0 radical (unpaired) electrons. The van der Waals surface area contributed by atoms with Gasteiger partial charge in [0, 0.05) is 13.0 Å². The number of benzene rings is 2. The molecule has 9 nitrogen and oxygen atoms in total. The monoisotopic (exact) mass is 589 g/mol. The molecule has 4 aliphatic rings. The van der Waals surface area contributed by atoms with E-state index in [1.54, 1.807) is 0 Å². The van der Waals surface area contributed by atoms with Gasteiger partial charge < -0.3 is 20.1 Å². The minimum atomic E-state index is -0.866. The molecule has 6 atom stereocenters. The number of carbonyl (C=O) groups excluding carboxylic acids is 4. The van der Waals surface area contributed by atoms with Crippen LogP contribution in [0.3, 0.4) is 0 Å². The Labute approximate surface area is 253 Å². The topological polar surface area (TPSA) is 114 Å². The van der Waals surface area contributed by atoms with Crippen LogP contribution in [0.4, 0.5) is 4.79 Å². The summed E-state index contributed by atoms with van der Waals surface area (Å²) in [6, 6.07) is 17.4. The van der Waals surface area contributed by atoms with Gasteiger partial charge in [0.2, 0.25) is 11.8 Å². The summed E-state index contributed by atoms with van der Waals surface area (Å²) in [5, 5.41) is 6.23. The van der Waals surface area contributed by atoms with Gasteiger partial charge in [-0.2, -0.15) is 0 Å². The van der Waals surface area contributed by atoms with Gasteiger partial charge in [-0.05, 0) is 61.0 Å². The highest BCUT2D eigenvalue weighted by Crippen LogP contribution is 2.64. The van der Waals surface area contributed by atoms with Crippen LogP contribution in [0.1, 0.15) is 57.6 Å². The summed E-state index contributed by atoms with van der Waals surface area (Å²) in [5.74, 6) is -1.21. The minimum Gasteiger partial charge on any atom is -0.467 e. The van der Waals surface area contributed by atoms with Crippen molar-refractivity contribution in [2.24, 2.45) is 23.2 Å². The van der Waals surface area contributed by atoms with E-state index >= 15 is 0 Å². The smallest absolute Gasteiger partial charge is 0.410 e. The molecule has 2 bridgehead atoms. The number of rotatable bonds is 9. The number of fused-ring (bicyclic) bond motifs is 2. The predicted octanol–water partition coefficient (Wildman–Crippen LogP) is 4.25. The van der Waals surface area contributed by atoms with Crippen LogP contribution >= 0.6 is 0 Å². The Morgan fingerprint density at radius 3 is 2.21 bits per heavy atom. The Morgan fingerprint density at radius 2 is 1.58 bits per heavy atom. The van der Waals surface area contributed by atoms with Crippen LogP contribution in [0.5, 0.6) is 0 Å². The first-order chi connectivity index (χ1) is 20.5. The van der Waals surface area contributed by atoms with Crippen LogP contribution < -0.4 is 10.6 Å². The average molecular weight is 590 g/mol. The Bertz CT molecular complexity index is 1330. The number of likely N-dealkylation sites (tertiary alicyclic amines) is 1. The maximum Gasteiger partial charge on any atom is 0.410 e. The second-order valence-electron chi connectivity index (χ2n) is 13.0. The second-order valence-corrected chi connectivity index (χ2v) is 13.0. The fraction of sp³-hybridized carbons (Fsp3) is 0.529. The number of amides is 3. The Kier molecular flexibility index (Phi) is 8.81. The van der Waals surface area contributed by atoms with E-state index in [4.69, 9.17) is 9.47 Å². The van der Waals surface area contributed by atoms with Gasteiger partial charge in [0.25, 0.3) is 0 Å². The number of carbonyl (C=O) groups is 4. The number of hydrogen-bond acceptors (Lipinski definition) is 6. The van der Waals surface area contributed by atoms with E-state index in [9.17, 15) is 19.2 Å². The number of methoxy groups -OCH3 is 1. The van der Waals surface area contributed by atoms with Gasteiger partial charge in [0.1, 0.15) is 18.7 Å². The van der Waals surface area contributed by atoms with Crippen molar-refractivity contribution < 1.29 is 28.7 Å². The normalized spacial score (nSPS) is 27.8. The van der Waals surface area contributed by atoms with Crippen LogP contribution in [0.2, 0.25) is 0 Å². The van der Waals surface area contributed by atoms with Gasteiger partial charge >= 0.3 is 12.1 Å². The lowest BCUT2D eigenvalue weighted by atomic mass is 9.40. The third-order valence-corrected chi connectivity index (χ3v) is 10.2. The molecule has 3 amide bonds. The molecule has 3 saturated carbocycles. The van der Waals surface area contributed by atoms with E-state index in [0.717, 1.165) is 17.5 Å². The molecule has 1 aliphatic heterocycles. The molecule has 1 heterocycles. The fourth-order valence-corrected chi connectivity index (χ4v) is 7.63. The van der Waals surface area contributed by atoms with Crippen molar-refractivity contribution in [2.75, 3.05) is 13.7 Å². The van der Waals surface area contributed by atoms with E-state index in [1.165, 1.54) is 12.0 Å². The summed E-state index contributed by atoms with van der Waals surface area (Å²) in [5.41, 5.74) is 0.852. The van der Waals surface area contributed by atoms with Crippen LogP contribution in [0.15, 0.2) is 60.7 Å².